The summed E-state index contributed by atoms with van der Waals surface area (Å²) in [5.74, 6) is 0. The summed E-state index contributed by atoms with van der Waals surface area (Å²) in [7, 11) is 0. The number of fused-ring (bicyclic) bond motifs is 1. The van der Waals surface area contributed by atoms with Crippen molar-refractivity contribution in [2.75, 3.05) is 5.32 Å². The van der Waals surface area contributed by atoms with Crippen LogP contribution in [0.1, 0.15) is 23.7 Å². The molecule has 1 unspecified atom stereocenters. The van der Waals surface area contributed by atoms with E-state index in [2.05, 4.69) is 37.3 Å². The van der Waals surface area contributed by atoms with Gasteiger partial charge in [-0.3, -0.25) is 4.98 Å². The molecule has 0 amide bonds. The quantitative estimate of drug-likeness (QED) is 0.862. The molecule has 0 aliphatic heterocycles. The Bertz CT molecular complexity index is 524. The van der Waals surface area contributed by atoms with Gasteiger partial charge < -0.3 is 5.32 Å². The Labute approximate surface area is 108 Å². The highest BCUT2D eigenvalue weighted by atomic mass is 79.9. The number of aryl methyl sites for hydroxylation is 1. The Morgan fingerprint density at radius 3 is 3.00 bits per heavy atom. The molecule has 17 heavy (non-hydrogen) atoms. The average Bonchev–Trinajstić information content (AvgIpc) is 2.76. The summed E-state index contributed by atoms with van der Waals surface area (Å²) in [4.78, 5) is 8.67. The Morgan fingerprint density at radius 1 is 1.24 bits per heavy atom. The van der Waals surface area contributed by atoms with E-state index in [1.54, 1.807) is 0 Å². The van der Waals surface area contributed by atoms with E-state index in [9.17, 15) is 0 Å². The lowest BCUT2D eigenvalue weighted by Crippen LogP contribution is -2.08. The third-order valence-corrected chi connectivity index (χ3v) is 3.50. The standard InChI is InChI=1S/C13H12BrN3/c14-12-6-4-10(8-16-12)17-11-5-3-9-2-1-7-15-13(9)11/h1-2,4,6-8,11,17H,3,5H2. The minimum Gasteiger partial charge on any atom is -0.375 e. The first-order valence-corrected chi connectivity index (χ1v) is 6.44. The van der Waals surface area contributed by atoms with Crippen molar-refractivity contribution in [3.05, 3.63) is 52.5 Å². The normalized spacial score (nSPS) is 17.8. The number of pyridine rings is 2. The average molecular weight is 290 g/mol. The summed E-state index contributed by atoms with van der Waals surface area (Å²) in [6, 6.07) is 8.44. The van der Waals surface area contributed by atoms with Gasteiger partial charge in [0.25, 0.3) is 0 Å². The number of rotatable bonds is 2. The van der Waals surface area contributed by atoms with Crippen LogP contribution < -0.4 is 5.32 Å². The van der Waals surface area contributed by atoms with Crippen LogP contribution >= 0.6 is 15.9 Å². The van der Waals surface area contributed by atoms with Crippen molar-refractivity contribution < 1.29 is 0 Å². The van der Waals surface area contributed by atoms with E-state index in [0.29, 0.717) is 6.04 Å². The number of hydrogen-bond donors (Lipinski definition) is 1. The van der Waals surface area contributed by atoms with Gasteiger partial charge in [-0.2, -0.15) is 0 Å². The molecule has 0 bridgehead atoms. The number of aromatic nitrogens is 2. The topological polar surface area (TPSA) is 37.8 Å². The maximum absolute atomic E-state index is 4.46. The summed E-state index contributed by atoms with van der Waals surface area (Å²) in [5.41, 5.74) is 3.57. The molecule has 86 valence electrons. The highest BCUT2D eigenvalue weighted by Crippen LogP contribution is 2.31. The molecule has 0 saturated carbocycles. The van der Waals surface area contributed by atoms with E-state index in [1.807, 2.05) is 30.6 Å². The van der Waals surface area contributed by atoms with Gasteiger partial charge in [0.05, 0.1) is 23.6 Å². The lowest BCUT2D eigenvalue weighted by molar-refractivity contribution is 0.745. The van der Waals surface area contributed by atoms with Gasteiger partial charge in [0.15, 0.2) is 0 Å². The van der Waals surface area contributed by atoms with Gasteiger partial charge in [0.1, 0.15) is 4.60 Å². The van der Waals surface area contributed by atoms with Crippen molar-refractivity contribution in [3.63, 3.8) is 0 Å². The van der Waals surface area contributed by atoms with Crippen molar-refractivity contribution in [1.29, 1.82) is 0 Å². The van der Waals surface area contributed by atoms with Crippen LogP contribution in [-0.2, 0) is 6.42 Å². The van der Waals surface area contributed by atoms with E-state index in [4.69, 9.17) is 0 Å². The lowest BCUT2D eigenvalue weighted by atomic mass is 10.2. The molecular weight excluding hydrogens is 278 g/mol. The molecule has 1 N–H and O–H groups in total. The second kappa shape index (κ2) is 4.45. The fourth-order valence-electron chi connectivity index (χ4n) is 2.22. The first-order chi connectivity index (χ1) is 8.33. The van der Waals surface area contributed by atoms with E-state index < -0.39 is 0 Å². The van der Waals surface area contributed by atoms with Gasteiger partial charge in [0, 0.05) is 6.20 Å². The number of halogens is 1. The second-order valence-corrected chi connectivity index (χ2v) is 4.97. The van der Waals surface area contributed by atoms with Crippen LogP contribution in [0.5, 0.6) is 0 Å². The predicted molar refractivity (Wildman–Crippen MR) is 70.9 cm³/mol. The molecule has 2 aromatic rings. The van der Waals surface area contributed by atoms with Gasteiger partial charge in [-0.05, 0) is 52.5 Å². The summed E-state index contributed by atoms with van der Waals surface area (Å²) < 4.78 is 0.855. The third-order valence-electron chi connectivity index (χ3n) is 3.03. The zero-order valence-electron chi connectivity index (χ0n) is 9.23. The van der Waals surface area contributed by atoms with E-state index in [0.717, 1.165) is 23.1 Å². The Hall–Kier alpha value is -1.42. The predicted octanol–water partition coefficient (Wildman–Crippen LogP) is 3.34. The van der Waals surface area contributed by atoms with Gasteiger partial charge >= 0.3 is 0 Å². The Kier molecular flexibility index (Phi) is 2.81. The van der Waals surface area contributed by atoms with Crippen molar-refractivity contribution in [2.45, 2.75) is 18.9 Å². The zero-order chi connectivity index (χ0) is 11.7. The third kappa shape index (κ3) is 2.17. The molecule has 3 rings (SSSR count). The fourth-order valence-corrected chi connectivity index (χ4v) is 2.45. The van der Waals surface area contributed by atoms with Crippen molar-refractivity contribution in [1.82, 2.24) is 9.97 Å². The van der Waals surface area contributed by atoms with E-state index >= 15 is 0 Å². The lowest BCUT2D eigenvalue weighted by Gasteiger charge is -2.14. The molecule has 4 heteroatoms. The molecule has 0 spiro atoms. The molecule has 0 aromatic carbocycles. The molecule has 3 nitrogen and oxygen atoms in total. The highest BCUT2D eigenvalue weighted by Gasteiger charge is 2.23. The summed E-state index contributed by atoms with van der Waals surface area (Å²) in [5, 5.41) is 3.48. The van der Waals surface area contributed by atoms with Gasteiger partial charge in [0.2, 0.25) is 0 Å². The summed E-state index contributed by atoms with van der Waals surface area (Å²) in [6.45, 7) is 0. The molecule has 1 atom stereocenters. The molecule has 0 fully saturated rings. The zero-order valence-corrected chi connectivity index (χ0v) is 10.8. The highest BCUT2D eigenvalue weighted by molar-refractivity contribution is 9.10. The van der Waals surface area contributed by atoms with Gasteiger partial charge in [-0.15, -0.1) is 0 Å². The SMILES string of the molecule is Brc1ccc(NC2CCc3cccnc32)cn1. The van der Waals surface area contributed by atoms with Crippen LogP contribution in [0.15, 0.2) is 41.3 Å². The largest absolute Gasteiger partial charge is 0.375 e. The smallest absolute Gasteiger partial charge is 0.106 e. The summed E-state index contributed by atoms with van der Waals surface area (Å²) in [6.07, 6.45) is 5.90. The number of nitrogens with zero attached hydrogens (tertiary/aromatic N) is 2. The van der Waals surface area contributed by atoms with Crippen LogP contribution in [0, 0.1) is 0 Å². The van der Waals surface area contributed by atoms with Gasteiger partial charge in [-0.25, -0.2) is 4.98 Å². The number of nitrogens with one attached hydrogen (secondary N) is 1. The van der Waals surface area contributed by atoms with Crippen LogP contribution in [0.25, 0.3) is 0 Å². The minimum atomic E-state index is 0.314. The molecule has 2 aromatic heterocycles. The fraction of sp³-hybridized carbons (Fsp3) is 0.231. The number of anilines is 1. The summed E-state index contributed by atoms with van der Waals surface area (Å²) >= 11 is 3.33. The van der Waals surface area contributed by atoms with Crippen LogP contribution in [0.2, 0.25) is 0 Å². The molecular formula is C13H12BrN3. The van der Waals surface area contributed by atoms with E-state index in [-0.39, 0.29) is 0 Å². The molecule has 1 aliphatic carbocycles. The maximum atomic E-state index is 4.46. The van der Waals surface area contributed by atoms with Gasteiger partial charge in [-0.1, -0.05) is 6.07 Å². The van der Waals surface area contributed by atoms with E-state index in [1.165, 1.54) is 11.3 Å². The van der Waals surface area contributed by atoms with Crippen molar-refractivity contribution in [3.8, 4) is 0 Å². The maximum Gasteiger partial charge on any atom is 0.106 e. The monoisotopic (exact) mass is 289 g/mol. The van der Waals surface area contributed by atoms with Crippen molar-refractivity contribution >= 4 is 21.6 Å². The van der Waals surface area contributed by atoms with Crippen LogP contribution in [-0.4, -0.2) is 9.97 Å². The minimum absolute atomic E-state index is 0.314. The first-order valence-electron chi connectivity index (χ1n) is 5.65. The van der Waals surface area contributed by atoms with Crippen LogP contribution in [0.3, 0.4) is 0 Å². The number of hydrogen-bond acceptors (Lipinski definition) is 3. The molecule has 1 aliphatic rings. The van der Waals surface area contributed by atoms with Crippen molar-refractivity contribution in [2.24, 2.45) is 0 Å². The first kappa shape index (κ1) is 10.7. The Balaban J connectivity index is 1.81. The molecule has 2 heterocycles. The second-order valence-electron chi connectivity index (χ2n) is 4.15. The Morgan fingerprint density at radius 2 is 2.18 bits per heavy atom. The van der Waals surface area contributed by atoms with Crippen LogP contribution in [0.4, 0.5) is 5.69 Å². The molecule has 0 saturated heterocycles. The molecule has 0 radical (unpaired) electrons.